The standard InChI is InChI=1S/C41H49N15O5/c1-6-55-29(12-22(3)50-55)37(59)48-39-46-27-14-24(35(43)57)13-26(17-52-20-41(21-52)18-45-19-41)32(27)53(39)10-8-9-11-54-33-28(15-25(36(44)58)16-30(33)61-5)47-40(54)49-38(60)34-31(42)23(4)51-56(34)7-2/h8-9,12-16,45H,6-7,10-11,17-21,42H2,1-5H3,(H2,43,57)(H2,44,58)(H,46,48,59)(H,47,49,60)/b9-8+. The van der Waals surface area contributed by atoms with Crippen molar-refractivity contribution in [3.63, 3.8) is 0 Å². The molecule has 9 N–H and O–H groups in total. The van der Waals surface area contributed by atoms with Gasteiger partial charge in [-0.2, -0.15) is 10.2 Å². The highest BCUT2D eigenvalue weighted by atomic mass is 16.5. The Kier molecular flexibility index (Phi) is 10.6. The first-order valence-corrected chi connectivity index (χ1v) is 20.0. The second-order valence-electron chi connectivity index (χ2n) is 15.6. The molecule has 0 radical (unpaired) electrons. The van der Waals surface area contributed by atoms with E-state index in [2.05, 4.69) is 31.0 Å². The van der Waals surface area contributed by atoms with E-state index in [0.29, 0.717) is 64.6 Å². The average molecular weight is 832 g/mol. The van der Waals surface area contributed by atoms with Crippen LogP contribution in [0, 0.1) is 19.3 Å². The first-order chi connectivity index (χ1) is 29.2. The number of rotatable bonds is 15. The van der Waals surface area contributed by atoms with Gasteiger partial charge in [-0.3, -0.25) is 44.1 Å². The van der Waals surface area contributed by atoms with Gasteiger partial charge in [0.15, 0.2) is 0 Å². The van der Waals surface area contributed by atoms with Crippen LogP contribution < -0.4 is 37.9 Å². The molecule has 0 bridgehead atoms. The molecule has 2 aromatic carbocycles. The molecule has 318 valence electrons. The van der Waals surface area contributed by atoms with Gasteiger partial charge in [0.1, 0.15) is 22.7 Å². The Morgan fingerprint density at radius 2 is 1.41 bits per heavy atom. The number of fused-ring (bicyclic) bond motifs is 2. The summed E-state index contributed by atoms with van der Waals surface area (Å²) in [5.41, 5.74) is 23.5. The van der Waals surface area contributed by atoms with Crippen LogP contribution in [0.1, 0.15) is 72.5 Å². The number of imidazole rings is 2. The Bertz CT molecular complexity index is 2780. The molecule has 1 spiro atoms. The number of methoxy groups -OCH3 is 1. The quantitative estimate of drug-likeness (QED) is 0.0815. The summed E-state index contributed by atoms with van der Waals surface area (Å²) in [6.45, 7) is 12.9. The van der Waals surface area contributed by atoms with Gasteiger partial charge in [-0.05, 0) is 63.6 Å². The Labute approximate surface area is 350 Å². The smallest absolute Gasteiger partial charge is 0.278 e. The SMILES string of the molecule is CCn1nc(C)cc1C(=O)Nc1nc2cc(C(N)=O)cc(CN3CC4(CNC4)C3)c2n1C/C=C/Cn1c(NC(=O)c2c(N)c(C)nn2CC)nc2cc(C(N)=O)cc(OC)c21. The number of allylic oxidation sites excluding steroid dienone is 2. The molecule has 2 aliphatic heterocycles. The lowest BCUT2D eigenvalue weighted by Crippen LogP contribution is -2.70. The predicted octanol–water partition coefficient (Wildman–Crippen LogP) is 2.39. The van der Waals surface area contributed by atoms with Gasteiger partial charge < -0.3 is 36.4 Å². The Hall–Kier alpha value is -7.06. The van der Waals surface area contributed by atoms with Crippen LogP contribution >= 0.6 is 0 Å². The van der Waals surface area contributed by atoms with Gasteiger partial charge in [0.05, 0.1) is 40.7 Å². The molecule has 61 heavy (non-hydrogen) atoms. The van der Waals surface area contributed by atoms with Crippen LogP contribution in [0.3, 0.4) is 0 Å². The number of carbonyl (C=O) groups excluding carboxylic acids is 4. The van der Waals surface area contributed by atoms with Crippen molar-refractivity contribution in [2.24, 2.45) is 16.9 Å². The summed E-state index contributed by atoms with van der Waals surface area (Å²) in [5, 5.41) is 18.1. The predicted molar refractivity (Wildman–Crippen MR) is 228 cm³/mol. The zero-order chi connectivity index (χ0) is 43.3. The largest absolute Gasteiger partial charge is 0.494 e. The molecule has 0 atom stereocenters. The third-order valence-corrected chi connectivity index (χ3v) is 11.3. The summed E-state index contributed by atoms with van der Waals surface area (Å²) >= 11 is 0. The van der Waals surface area contributed by atoms with Gasteiger partial charge in [0.2, 0.25) is 23.7 Å². The minimum Gasteiger partial charge on any atom is -0.494 e. The monoisotopic (exact) mass is 831 g/mol. The van der Waals surface area contributed by atoms with Crippen molar-refractivity contribution in [1.82, 2.24) is 48.9 Å². The van der Waals surface area contributed by atoms with E-state index in [-0.39, 0.29) is 47.3 Å². The molecule has 2 saturated heterocycles. The number of anilines is 3. The summed E-state index contributed by atoms with van der Waals surface area (Å²) in [4.78, 5) is 64.4. The lowest BCUT2D eigenvalue weighted by atomic mass is 9.74. The maximum atomic E-state index is 13.8. The highest BCUT2D eigenvalue weighted by Gasteiger charge is 2.47. The van der Waals surface area contributed by atoms with Crippen LogP contribution in [0.2, 0.25) is 0 Å². The number of likely N-dealkylation sites (tertiary alicyclic amines) is 1. The van der Waals surface area contributed by atoms with Crippen LogP contribution in [0.25, 0.3) is 22.1 Å². The molecule has 0 saturated carbocycles. The third-order valence-electron chi connectivity index (χ3n) is 11.3. The Morgan fingerprint density at radius 1 is 0.820 bits per heavy atom. The van der Waals surface area contributed by atoms with Crippen molar-refractivity contribution >= 4 is 63.3 Å². The molecule has 4 amide bonds. The summed E-state index contributed by atoms with van der Waals surface area (Å²) in [6.07, 6.45) is 3.77. The Morgan fingerprint density at radius 3 is 1.98 bits per heavy atom. The minimum atomic E-state index is -0.670. The van der Waals surface area contributed by atoms with Gasteiger partial charge in [0.25, 0.3) is 11.8 Å². The molecular formula is C41H49N15O5. The second-order valence-corrected chi connectivity index (χ2v) is 15.6. The zero-order valence-electron chi connectivity index (χ0n) is 34.7. The van der Waals surface area contributed by atoms with Gasteiger partial charge in [-0.15, -0.1) is 0 Å². The number of aryl methyl sites for hydroxylation is 4. The maximum absolute atomic E-state index is 13.8. The number of carbonyl (C=O) groups is 4. The maximum Gasteiger partial charge on any atom is 0.278 e. The van der Waals surface area contributed by atoms with Crippen LogP contribution in [0.5, 0.6) is 5.75 Å². The fourth-order valence-corrected chi connectivity index (χ4v) is 8.37. The lowest BCUT2D eigenvalue weighted by molar-refractivity contribution is -0.0442. The first-order valence-electron chi connectivity index (χ1n) is 20.0. The van der Waals surface area contributed by atoms with Gasteiger partial charge >= 0.3 is 0 Å². The van der Waals surface area contributed by atoms with Gasteiger partial charge in [-0.1, -0.05) is 12.2 Å². The molecule has 8 rings (SSSR count). The number of amides is 4. The van der Waals surface area contributed by atoms with E-state index in [1.807, 2.05) is 37.5 Å². The summed E-state index contributed by atoms with van der Waals surface area (Å²) in [6, 6.07) is 8.22. The molecule has 4 aromatic heterocycles. The topological polar surface area (TPSA) is 266 Å². The normalized spacial score (nSPS) is 14.8. The van der Waals surface area contributed by atoms with E-state index in [9.17, 15) is 19.2 Å². The third kappa shape index (κ3) is 7.43. The number of nitrogen functional groups attached to an aromatic ring is 1. The molecule has 6 heterocycles. The number of primary amides is 2. The number of hydrogen-bond acceptors (Lipinski definition) is 12. The number of nitrogens with two attached hydrogens (primary N) is 3. The van der Waals surface area contributed by atoms with E-state index >= 15 is 0 Å². The van der Waals surface area contributed by atoms with Crippen LogP contribution in [-0.4, -0.2) is 100 Å². The fourth-order valence-electron chi connectivity index (χ4n) is 8.37. The molecule has 0 aliphatic carbocycles. The van der Waals surface area contributed by atoms with Crippen molar-refractivity contribution in [1.29, 1.82) is 0 Å². The molecule has 6 aromatic rings. The van der Waals surface area contributed by atoms with E-state index in [1.54, 1.807) is 34.4 Å². The second kappa shape index (κ2) is 15.8. The van der Waals surface area contributed by atoms with Gasteiger partial charge in [-0.25, -0.2) is 9.97 Å². The van der Waals surface area contributed by atoms with Crippen LogP contribution in [-0.2, 0) is 32.7 Å². The molecule has 20 nitrogen and oxygen atoms in total. The highest BCUT2D eigenvalue weighted by Crippen LogP contribution is 2.37. The summed E-state index contributed by atoms with van der Waals surface area (Å²) < 4.78 is 12.5. The van der Waals surface area contributed by atoms with Crippen LogP contribution in [0.15, 0.2) is 42.5 Å². The van der Waals surface area contributed by atoms with Crippen molar-refractivity contribution < 1.29 is 23.9 Å². The fraction of sp³-hybridized carbons (Fsp3) is 0.366. The summed E-state index contributed by atoms with van der Waals surface area (Å²) in [5.74, 6) is -1.44. The molecule has 20 heteroatoms. The zero-order valence-corrected chi connectivity index (χ0v) is 34.7. The number of ether oxygens (including phenoxy) is 1. The lowest BCUT2D eigenvalue weighted by Gasteiger charge is -2.56. The van der Waals surface area contributed by atoms with Crippen LogP contribution in [0.4, 0.5) is 17.6 Å². The molecule has 0 unspecified atom stereocenters. The van der Waals surface area contributed by atoms with Gasteiger partial charge in [0, 0.05) is 75.4 Å². The Balaban J connectivity index is 1.18. The molecule has 2 aliphatic rings. The van der Waals surface area contributed by atoms with E-state index in [1.165, 1.54) is 23.9 Å². The number of hydrogen-bond donors (Lipinski definition) is 6. The summed E-state index contributed by atoms with van der Waals surface area (Å²) in [7, 11) is 1.47. The number of aromatic nitrogens is 8. The first kappa shape index (κ1) is 40.7. The van der Waals surface area contributed by atoms with E-state index < -0.39 is 23.6 Å². The average Bonchev–Trinajstić information content (AvgIpc) is 3.94. The number of nitrogens with zero attached hydrogens (tertiary/aromatic N) is 9. The number of nitrogens with one attached hydrogen (secondary N) is 3. The van der Waals surface area contributed by atoms with Crippen molar-refractivity contribution in [2.45, 2.75) is 60.4 Å². The molecular weight excluding hydrogens is 783 g/mol. The van der Waals surface area contributed by atoms with Crippen molar-refractivity contribution in [3.05, 3.63) is 81.9 Å². The van der Waals surface area contributed by atoms with E-state index in [0.717, 1.165) is 37.3 Å². The van der Waals surface area contributed by atoms with E-state index in [4.69, 9.17) is 31.9 Å². The highest BCUT2D eigenvalue weighted by molar-refractivity contribution is 6.07. The van der Waals surface area contributed by atoms with Crippen molar-refractivity contribution in [2.75, 3.05) is 49.7 Å². The number of benzene rings is 2. The van der Waals surface area contributed by atoms with Crippen molar-refractivity contribution in [3.8, 4) is 5.75 Å². The minimum absolute atomic E-state index is 0.157. The molecule has 2 fully saturated rings.